The molecule has 1 aromatic carbocycles. The van der Waals surface area contributed by atoms with Crippen LogP contribution in [0.2, 0.25) is 0 Å². The predicted molar refractivity (Wildman–Crippen MR) is 46.9 cm³/mol. The van der Waals surface area contributed by atoms with Crippen LogP contribution in [-0.2, 0) is 4.79 Å². The molecule has 0 saturated carbocycles. The highest BCUT2D eigenvalue weighted by Gasteiger charge is 1.98. The van der Waals surface area contributed by atoms with E-state index >= 15 is 0 Å². The Kier molecular flexibility index (Phi) is 2.48. The number of ether oxygens (including phenoxy) is 1. The molecule has 0 aliphatic heterocycles. The molecular weight excluding hydrogens is 152 g/mol. The van der Waals surface area contributed by atoms with Gasteiger partial charge in [0.2, 0.25) is 0 Å². The van der Waals surface area contributed by atoms with Crippen LogP contribution in [0.25, 0.3) is 0 Å². The number of hydrogen-bond donors (Lipinski definition) is 0. The third kappa shape index (κ3) is 2.38. The third-order valence-electron chi connectivity index (χ3n) is 1.37. The second kappa shape index (κ2) is 3.39. The van der Waals surface area contributed by atoms with Gasteiger partial charge in [-0.2, -0.15) is 0 Å². The second-order valence-corrected chi connectivity index (χ2v) is 2.75. The largest absolute Gasteiger partial charge is 0.427 e. The fourth-order valence-electron chi connectivity index (χ4n) is 1.05. The summed E-state index contributed by atoms with van der Waals surface area (Å²) in [6.07, 6.45) is 0. The summed E-state index contributed by atoms with van der Waals surface area (Å²) in [6.45, 7) is 7.07. The van der Waals surface area contributed by atoms with Crippen LogP contribution in [0.3, 0.4) is 0 Å². The van der Waals surface area contributed by atoms with E-state index in [9.17, 15) is 4.79 Å². The van der Waals surface area contributed by atoms with Gasteiger partial charge in [-0.3, -0.25) is 4.79 Å². The van der Waals surface area contributed by atoms with Crippen LogP contribution in [0.15, 0.2) is 18.2 Å². The zero-order chi connectivity index (χ0) is 9.14. The van der Waals surface area contributed by atoms with Crippen molar-refractivity contribution in [1.82, 2.24) is 0 Å². The zero-order valence-corrected chi connectivity index (χ0v) is 7.26. The summed E-state index contributed by atoms with van der Waals surface area (Å²) in [5.74, 6) is 0.257. The highest BCUT2D eigenvalue weighted by Crippen LogP contribution is 2.15. The second-order valence-electron chi connectivity index (χ2n) is 2.75. The maximum absolute atomic E-state index is 10.6. The molecule has 0 aliphatic rings. The minimum atomic E-state index is -0.306. The SMILES string of the molecule is [CH2]c1cc(C)cc(OC(C)=O)c1. The monoisotopic (exact) mass is 163 g/mol. The summed E-state index contributed by atoms with van der Waals surface area (Å²) in [5.41, 5.74) is 1.89. The van der Waals surface area contributed by atoms with E-state index in [0.29, 0.717) is 5.75 Å². The van der Waals surface area contributed by atoms with Crippen molar-refractivity contribution in [2.24, 2.45) is 0 Å². The molecule has 0 unspecified atom stereocenters. The van der Waals surface area contributed by atoms with Gasteiger partial charge in [-0.15, -0.1) is 0 Å². The van der Waals surface area contributed by atoms with Crippen LogP contribution in [0, 0.1) is 13.8 Å². The molecule has 2 heteroatoms. The summed E-state index contributed by atoms with van der Waals surface area (Å²) in [7, 11) is 0. The Hall–Kier alpha value is -1.31. The van der Waals surface area contributed by atoms with Gasteiger partial charge in [0.05, 0.1) is 0 Å². The van der Waals surface area contributed by atoms with Crippen LogP contribution in [0.5, 0.6) is 5.75 Å². The molecule has 63 valence electrons. The molecule has 1 radical (unpaired) electrons. The summed E-state index contributed by atoms with van der Waals surface area (Å²) in [5, 5.41) is 0. The van der Waals surface area contributed by atoms with E-state index in [0.717, 1.165) is 11.1 Å². The number of carbonyl (C=O) groups is 1. The van der Waals surface area contributed by atoms with E-state index in [1.54, 1.807) is 12.1 Å². The van der Waals surface area contributed by atoms with Crippen LogP contribution in [-0.4, -0.2) is 5.97 Å². The number of carbonyl (C=O) groups excluding carboxylic acids is 1. The highest BCUT2D eigenvalue weighted by atomic mass is 16.5. The van der Waals surface area contributed by atoms with Gasteiger partial charge in [0.25, 0.3) is 0 Å². The van der Waals surface area contributed by atoms with Gasteiger partial charge >= 0.3 is 5.97 Å². The lowest BCUT2D eigenvalue weighted by Gasteiger charge is -2.03. The number of rotatable bonds is 1. The molecule has 0 amide bonds. The maximum Gasteiger partial charge on any atom is 0.308 e. The Balaban J connectivity index is 2.93. The van der Waals surface area contributed by atoms with Gasteiger partial charge in [-0.25, -0.2) is 0 Å². The van der Waals surface area contributed by atoms with Crippen molar-refractivity contribution < 1.29 is 9.53 Å². The van der Waals surface area contributed by atoms with Crippen molar-refractivity contribution in [1.29, 1.82) is 0 Å². The minimum absolute atomic E-state index is 0.306. The Morgan fingerprint density at radius 2 is 2.08 bits per heavy atom. The molecule has 0 aliphatic carbocycles. The standard InChI is InChI=1S/C10H11O2/c1-7-4-8(2)6-10(5-7)12-9(3)11/h4-6H,1H2,2-3H3. The van der Waals surface area contributed by atoms with Crippen LogP contribution in [0.1, 0.15) is 18.1 Å². The number of benzene rings is 1. The third-order valence-corrected chi connectivity index (χ3v) is 1.37. The Morgan fingerprint density at radius 1 is 1.42 bits per heavy atom. The normalized spacial score (nSPS) is 9.58. The van der Waals surface area contributed by atoms with E-state index < -0.39 is 0 Å². The number of aryl methyl sites for hydroxylation is 1. The topological polar surface area (TPSA) is 26.3 Å². The zero-order valence-electron chi connectivity index (χ0n) is 7.26. The van der Waals surface area contributed by atoms with Crippen LogP contribution < -0.4 is 4.74 Å². The average molecular weight is 163 g/mol. The molecule has 0 spiro atoms. The van der Waals surface area contributed by atoms with Crippen molar-refractivity contribution >= 4 is 5.97 Å². The number of esters is 1. The Labute approximate surface area is 72.2 Å². The van der Waals surface area contributed by atoms with Gasteiger partial charge in [0.15, 0.2) is 0 Å². The van der Waals surface area contributed by atoms with Crippen molar-refractivity contribution in [3.8, 4) is 5.75 Å². The van der Waals surface area contributed by atoms with Gasteiger partial charge in [-0.05, 0) is 37.1 Å². The molecule has 1 rings (SSSR count). The van der Waals surface area contributed by atoms with Gasteiger partial charge in [0.1, 0.15) is 5.75 Å². The molecule has 0 heterocycles. The highest BCUT2D eigenvalue weighted by molar-refractivity contribution is 5.69. The quantitative estimate of drug-likeness (QED) is 0.468. The molecule has 0 saturated heterocycles. The summed E-state index contributed by atoms with van der Waals surface area (Å²) >= 11 is 0. The van der Waals surface area contributed by atoms with Crippen LogP contribution in [0.4, 0.5) is 0 Å². The number of hydrogen-bond acceptors (Lipinski definition) is 2. The predicted octanol–water partition coefficient (Wildman–Crippen LogP) is 2.10. The van der Waals surface area contributed by atoms with Crippen molar-refractivity contribution in [3.05, 3.63) is 36.2 Å². The fraction of sp³-hybridized carbons (Fsp3) is 0.200. The first-order valence-corrected chi connectivity index (χ1v) is 3.70. The first-order valence-electron chi connectivity index (χ1n) is 3.70. The molecule has 0 fully saturated rings. The van der Waals surface area contributed by atoms with E-state index in [-0.39, 0.29) is 5.97 Å². The first-order chi connectivity index (χ1) is 5.58. The molecule has 1 aromatic rings. The average Bonchev–Trinajstić information content (AvgIpc) is 1.81. The molecule has 0 bridgehead atoms. The van der Waals surface area contributed by atoms with Gasteiger partial charge in [0, 0.05) is 6.92 Å². The smallest absolute Gasteiger partial charge is 0.308 e. The van der Waals surface area contributed by atoms with E-state index in [1.165, 1.54) is 6.92 Å². The lowest BCUT2D eigenvalue weighted by Crippen LogP contribution is -2.01. The summed E-state index contributed by atoms with van der Waals surface area (Å²) < 4.78 is 4.90. The molecule has 0 aromatic heterocycles. The molecule has 2 nitrogen and oxygen atoms in total. The van der Waals surface area contributed by atoms with Crippen LogP contribution >= 0.6 is 0 Å². The minimum Gasteiger partial charge on any atom is -0.427 e. The van der Waals surface area contributed by atoms with Crippen molar-refractivity contribution in [2.75, 3.05) is 0 Å². The van der Waals surface area contributed by atoms with Crippen molar-refractivity contribution in [2.45, 2.75) is 13.8 Å². The Morgan fingerprint density at radius 3 is 2.58 bits per heavy atom. The lowest BCUT2D eigenvalue weighted by molar-refractivity contribution is -0.131. The maximum atomic E-state index is 10.6. The fourth-order valence-corrected chi connectivity index (χ4v) is 1.05. The molecule has 0 atom stereocenters. The Bertz CT molecular complexity index is 282. The van der Waals surface area contributed by atoms with Gasteiger partial charge in [-0.1, -0.05) is 6.07 Å². The summed E-state index contributed by atoms with van der Waals surface area (Å²) in [4.78, 5) is 10.6. The molecule has 12 heavy (non-hydrogen) atoms. The van der Waals surface area contributed by atoms with E-state index in [4.69, 9.17) is 4.74 Å². The molecular formula is C10H11O2. The molecule has 0 N–H and O–H groups in total. The lowest BCUT2D eigenvalue weighted by atomic mass is 10.1. The summed E-state index contributed by atoms with van der Waals surface area (Å²) in [6, 6.07) is 5.46. The first kappa shape index (κ1) is 8.78. The van der Waals surface area contributed by atoms with E-state index in [1.807, 2.05) is 13.0 Å². The van der Waals surface area contributed by atoms with Gasteiger partial charge < -0.3 is 4.74 Å². The van der Waals surface area contributed by atoms with Crippen molar-refractivity contribution in [3.63, 3.8) is 0 Å². The van der Waals surface area contributed by atoms with E-state index in [2.05, 4.69) is 6.92 Å².